The number of halogens is 1. The highest BCUT2D eigenvalue weighted by Crippen LogP contribution is 2.21. The van der Waals surface area contributed by atoms with Crippen LogP contribution in [0.5, 0.6) is 0 Å². The van der Waals surface area contributed by atoms with Crippen molar-refractivity contribution in [1.29, 1.82) is 0 Å². The first kappa shape index (κ1) is 12.6. The zero-order valence-electron chi connectivity index (χ0n) is 9.68. The van der Waals surface area contributed by atoms with Crippen LogP contribution >= 0.6 is 0 Å². The third-order valence-corrected chi connectivity index (χ3v) is 2.20. The number of nitro benzene ring substituents is 1. The molecule has 0 fully saturated rings. The van der Waals surface area contributed by atoms with E-state index in [1.807, 2.05) is 0 Å². The van der Waals surface area contributed by atoms with Crippen LogP contribution in [-0.2, 0) is 0 Å². The third kappa shape index (κ3) is 2.70. The van der Waals surface area contributed by atoms with E-state index in [1.165, 1.54) is 6.07 Å². The third-order valence-electron chi connectivity index (χ3n) is 2.20. The molecule has 1 amide bonds. The van der Waals surface area contributed by atoms with Gasteiger partial charge in [0.2, 0.25) is 11.6 Å². The Bertz CT molecular complexity index is 654. The minimum atomic E-state index is -0.975. The molecular formula is C10H8FN5O3. The number of amides is 1. The number of anilines is 1. The smallest absolute Gasteiger partial charge is 0.306 e. The summed E-state index contributed by atoms with van der Waals surface area (Å²) < 4.78 is 13.1. The fraction of sp³-hybridized carbons (Fsp3) is 0.100. The van der Waals surface area contributed by atoms with Crippen molar-refractivity contribution in [2.75, 3.05) is 5.32 Å². The van der Waals surface area contributed by atoms with E-state index in [9.17, 15) is 19.3 Å². The largest absolute Gasteiger partial charge is 0.319 e. The first-order valence-electron chi connectivity index (χ1n) is 5.11. The van der Waals surface area contributed by atoms with Gasteiger partial charge in [0.15, 0.2) is 0 Å². The molecule has 1 aromatic heterocycles. The molecule has 2 N–H and O–H groups in total. The van der Waals surface area contributed by atoms with E-state index in [1.54, 1.807) is 6.92 Å². The molecule has 0 saturated heterocycles. The molecule has 0 aliphatic rings. The lowest BCUT2D eigenvalue weighted by Gasteiger charge is -2.02. The molecule has 0 spiro atoms. The second kappa shape index (κ2) is 4.80. The minimum Gasteiger partial charge on any atom is -0.319 e. The number of aromatic amines is 1. The van der Waals surface area contributed by atoms with E-state index in [-0.39, 0.29) is 11.5 Å². The van der Waals surface area contributed by atoms with Crippen molar-refractivity contribution in [3.63, 3.8) is 0 Å². The van der Waals surface area contributed by atoms with Crippen LogP contribution in [0, 0.1) is 22.9 Å². The summed E-state index contributed by atoms with van der Waals surface area (Å²) in [6, 6.07) is 3.03. The Balaban J connectivity index is 2.22. The summed E-state index contributed by atoms with van der Waals surface area (Å²) in [4.78, 5) is 25.2. The molecule has 9 heteroatoms. The van der Waals surface area contributed by atoms with Gasteiger partial charge in [-0.15, -0.1) is 5.10 Å². The van der Waals surface area contributed by atoms with Gasteiger partial charge in [0, 0.05) is 11.8 Å². The number of hydrogen-bond acceptors (Lipinski definition) is 5. The molecule has 0 aliphatic heterocycles. The van der Waals surface area contributed by atoms with Crippen LogP contribution in [0.2, 0.25) is 0 Å². The summed E-state index contributed by atoms with van der Waals surface area (Å²) in [5, 5.41) is 19.0. The molecule has 0 saturated carbocycles. The summed E-state index contributed by atoms with van der Waals surface area (Å²) in [7, 11) is 0. The Hall–Kier alpha value is -2.84. The average molecular weight is 265 g/mol. The van der Waals surface area contributed by atoms with Gasteiger partial charge in [-0.3, -0.25) is 20.0 Å². The summed E-state index contributed by atoms with van der Waals surface area (Å²) in [5.74, 6) is -1.28. The molecule has 0 atom stereocenters. The quantitative estimate of drug-likeness (QED) is 0.643. The highest BCUT2D eigenvalue weighted by Gasteiger charge is 2.17. The predicted octanol–water partition coefficient (Wildman–Crippen LogP) is 1.41. The fourth-order valence-electron chi connectivity index (χ4n) is 1.36. The summed E-state index contributed by atoms with van der Waals surface area (Å²) in [6.07, 6.45) is 0. The van der Waals surface area contributed by atoms with Crippen molar-refractivity contribution in [2.45, 2.75) is 6.92 Å². The average Bonchev–Trinajstić information content (AvgIpc) is 2.78. The van der Waals surface area contributed by atoms with Crippen LogP contribution < -0.4 is 5.32 Å². The van der Waals surface area contributed by atoms with E-state index in [4.69, 9.17) is 0 Å². The van der Waals surface area contributed by atoms with Gasteiger partial charge in [-0.05, 0) is 19.1 Å². The Morgan fingerprint density at radius 1 is 1.53 bits per heavy atom. The lowest BCUT2D eigenvalue weighted by Crippen LogP contribution is -2.14. The molecule has 0 aliphatic carbocycles. The standard InChI is InChI=1S/C10H8FN5O3/c1-5-12-9(15-14-5)10(17)13-6-2-3-7(11)8(4-6)16(18)19/h2-4H,1H3,(H,13,17)(H,12,14,15). The molecule has 2 aromatic rings. The van der Waals surface area contributed by atoms with E-state index >= 15 is 0 Å². The van der Waals surface area contributed by atoms with Gasteiger partial charge in [-0.25, -0.2) is 4.98 Å². The Labute approximate surface area is 105 Å². The summed E-state index contributed by atoms with van der Waals surface area (Å²) in [5.41, 5.74) is -0.635. The van der Waals surface area contributed by atoms with Gasteiger partial charge in [0.25, 0.3) is 5.91 Å². The molecule has 98 valence electrons. The first-order chi connectivity index (χ1) is 8.97. The molecule has 2 rings (SSSR count). The van der Waals surface area contributed by atoms with Crippen molar-refractivity contribution in [2.24, 2.45) is 0 Å². The Kier molecular flexibility index (Phi) is 3.19. The number of carbonyl (C=O) groups is 1. The highest BCUT2D eigenvalue weighted by molar-refractivity contribution is 6.01. The maximum Gasteiger partial charge on any atom is 0.306 e. The zero-order chi connectivity index (χ0) is 14.0. The number of rotatable bonds is 3. The van der Waals surface area contributed by atoms with Crippen LogP contribution in [0.1, 0.15) is 16.4 Å². The van der Waals surface area contributed by atoms with Gasteiger partial charge in [0.1, 0.15) is 5.82 Å². The van der Waals surface area contributed by atoms with Gasteiger partial charge in [-0.2, -0.15) is 4.39 Å². The number of aryl methyl sites for hydroxylation is 1. The van der Waals surface area contributed by atoms with E-state index in [0.29, 0.717) is 5.82 Å². The summed E-state index contributed by atoms with van der Waals surface area (Å²) in [6.45, 7) is 1.62. The highest BCUT2D eigenvalue weighted by atomic mass is 19.1. The predicted molar refractivity (Wildman–Crippen MR) is 62.1 cm³/mol. The van der Waals surface area contributed by atoms with Gasteiger partial charge >= 0.3 is 5.69 Å². The lowest BCUT2D eigenvalue weighted by atomic mass is 10.2. The lowest BCUT2D eigenvalue weighted by molar-refractivity contribution is -0.387. The van der Waals surface area contributed by atoms with Crippen LogP contribution in [-0.4, -0.2) is 26.0 Å². The second-order valence-corrected chi connectivity index (χ2v) is 3.62. The van der Waals surface area contributed by atoms with Crippen molar-refractivity contribution in [1.82, 2.24) is 15.2 Å². The van der Waals surface area contributed by atoms with Crippen molar-refractivity contribution in [3.8, 4) is 0 Å². The van der Waals surface area contributed by atoms with E-state index in [2.05, 4.69) is 20.5 Å². The zero-order valence-corrected chi connectivity index (χ0v) is 9.68. The molecule has 1 aromatic carbocycles. The number of carbonyl (C=O) groups excluding carboxylic acids is 1. The number of nitrogens with zero attached hydrogens (tertiary/aromatic N) is 3. The molecular weight excluding hydrogens is 257 g/mol. The number of nitrogens with one attached hydrogen (secondary N) is 2. The van der Waals surface area contributed by atoms with Crippen molar-refractivity contribution >= 4 is 17.3 Å². The number of benzene rings is 1. The Morgan fingerprint density at radius 2 is 2.26 bits per heavy atom. The summed E-state index contributed by atoms with van der Waals surface area (Å²) >= 11 is 0. The molecule has 0 unspecified atom stereocenters. The maximum atomic E-state index is 13.1. The van der Waals surface area contributed by atoms with Crippen LogP contribution in [0.4, 0.5) is 15.8 Å². The number of H-pyrrole nitrogens is 1. The first-order valence-corrected chi connectivity index (χ1v) is 5.11. The fourth-order valence-corrected chi connectivity index (χ4v) is 1.36. The molecule has 8 nitrogen and oxygen atoms in total. The molecule has 0 bridgehead atoms. The second-order valence-electron chi connectivity index (χ2n) is 3.62. The Morgan fingerprint density at radius 3 is 2.84 bits per heavy atom. The monoisotopic (exact) mass is 265 g/mol. The van der Waals surface area contributed by atoms with E-state index < -0.39 is 22.3 Å². The van der Waals surface area contributed by atoms with Crippen LogP contribution in [0.15, 0.2) is 18.2 Å². The molecule has 1 heterocycles. The van der Waals surface area contributed by atoms with Gasteiger partial charge in [-0.1, -0.05) is 0 Å². The SMILES string of the molecule is Cc1nc(C(=O)Nc2ccc(F)c([N+](=O)[O-])c2)n[nH]1. The van der Waals surface area contributed by atoms with Crippen LogP contribution in [0.3, 0.4) is 0 Å². The van der Waals surface area contributed by atoms with Crippen LogP contribution in [0.25, 0.3) is 0 Å². The van der Waals surface area contributed by atoms with Gasteiger partial charge < -0.3 is 5.32 Å². The van der Waals surface area contributed by atoms with E-state index in [0.717, 1.165) is 12.1 Å². The van der Waals surface area contributed by atoms with Crippen molar-refractivity contribution < 1.29 is 14.1 Å². The maximum absolute atomic E-state index is 13.1. The normalized spacial score (nSPS) is 10.2. The number of aromatic nitrogens is 3. The number of nitro groups is 1. The van der Waals surface area contributed by atoms with Gasteiger partial charge in [0.05, 0.1) is 4.92 Å². The molecule has 19 heavy (non-hydrogen) atoms. The molecule has 0 radical (unpaired) electrons. The minimum absolute atomic E-state index is 0.0838. The van der Waals surface area contributed by atoms with Crippen molar-refractivity contribution in [3.05, 3.63) is 45.8 Å². The number of hydrogen-bond donors (Lipinski definition) is 2. The topological polar surface area (TPSA) is 114 Å².